The van der Waals surface area contributed by atoms with E-state index in [1.54, 1.807) is 0 Å². The highest BCUT2D eigenvalue weighted by atomic mass is 15.2. The van der Waals surface area contributed by atoms with Crippen molar-refractivity contribution in [1.82, 2.24) is 9.13 Å². The van der Waals surface area contributed by atoms with Crippen LogP contribution in [0.4, 0.5) is 0 Å². The number of hydrogen-bond donors (Lipinski definition) is 0. The fourth-order valence-electron chi connectivity index (χ4n) is 3.11. The van der Waals surface area contributed by atoms with Gasteiger partial charge in [0.05, 0.1) is 0 Å². The lowest BCUT2D eigenvalue weighted by molar-refractivity contribution is 0.384. The summed E-state index contributed by atoms with van der Waals surface area (Å²) in [4.78, 5) is 0. The van der Waals surface area contributed by atoms with Gasteiger partial charge in [0, 0.05) is 24.8 Å². The van der Waals surface area contributed by atoms with Crippen molar-refractivity contribution < 1.29 is 0 Å². The molecular weight excluding hydrogens is 268 g/mol. The SMILES string of the molecule is [CH2]CCCCCCCCCCC(n1cccc1)n1cccc1. The summed E-state index contributed by atoms with van der Waals surface area (Å²) in [5, 5.41) is 0. The minimum absolute atomic E-state index is 0.432. The van der Waals surface area contributed by atoms with Gasteiger partial charge >= 0.3 is 0 Å². The van der Waals surface area contributed by atoms with Gasteiger partial charge in [-0.05, 0) is 37.1 Å². The van der Waals surface area contributed by atoms with Crippen LogP contribution in [-0.4, -0.2) is 9.13 Å². The second-order valence-corrected chi connectivity index (χ2v) is 6.21. The third-order valence-corrected chi connectivity index (χ3v) is 4.41. The molecule has 2 aromatic rings. The Labute approximate surface area is 136 Å². The molecule has 2 rings (SSSR count). The zero-order valence-electron chi connectivity index (χ0n) is 13.9. The summed E-state index contributed by atoms with van der Waals surface area (Å²) >= 11 is 0. The van der Waals surface area contributed by atoms with Crippen LogP contribution < -0.4 is 0 Å². The molecule has 121 valence electrons. The molecule has 0 N–H and O–H groups in total. The third kappa shape index (κ3) is 5.75. The van der Waals surface area contributed by atoms with Gasteiger partial charge in [0.2, 0.25) is 0 Å². The number of hydrogen-bond acceptors (Lipinski definition) is 0. The minimum Gasteiger partial charge on any atom is -0.333 e. The lowest BCUT2D eigenvalue weighted by Crippen LogP contribution is -2.15. The van der Waals surface area contributed by atoms with Crippen LogP contribution in [0, 0.1) is 6.92 Å². The first kappa shape index (κ1) is 16.9. The molecule has 0 aromatic carbocycles. The van der Waals surface area contributed by atoms with Gasteiger partial charge < -0.3 is 9.13 Å². The summed E-state index contributed by atoms with van der Waals surface area (Å²) in [7, 11) is 0. The number of nitrogens with zero attached hydrogens (tertiary/aromatic N) is 2. The van der Waals surface area contributed by atoms with Gasteiger partial charge in [0.25, 0.3) is 0 Å². The molecule has 2 aromatic heterocycles. The summed E-state index contributed by atoms with van der Waals surface area (Å²) in [6, 6.07) is 8.45. The Bertz CT molecular complexity index is 422. The highest BCUT2D eigenvalue weighted by molar-refractivity contribution is 4.98. The molecule has 0 aliphatic rings. The topological polar surface area (TPSA) is 9.86 Å². The summed E-state index contributed by atoms with van der Waals surface area (Å²) in [5.74, 6) is 0. The monoisotopic (exact) mass is 299 g/mol. The summed E-state index contributed by atoms with van der Waals surface area (Å²) in [6.07, 6.45) is 22.3. The lowest BCUT2D eigenvalue weighted by atomic mass is 10.1. The van der Waals surface area contributed by atoms with E-state index < -0.39 is 0 Å². The van der Waals surface area contributed by atoms with E-state index in [4.69, 9.17) is 0 Å². The Morgan fingerprint density at radius 3 is 1.45 bits per heavy atom. The maximum Gasteiger partial charge on any atom is 0.109 e. The first-order valence-electron chi connectivity index (χ1n) is 8.96. The van der Waals surface area contributed by atoms with E-state index >= 15 is 0 Å². The molecule has 0 bridgehead atoms. The van der Waals surface area contributed by atoms with Crippen molar-refractivity contribution in [3.05, 3.63) is 56.0 Å². The quantitative estimate of drug-likeness (QED) is 0.421. The van der Waals surface area contributed by atoms with Gasteiger partial charge in [-0.2, -0.15) is 0 Å². The van der Waals surface area contributed by atoms with E-state index in [9.17, 15) is 0 Å². The van der Waals surface area contributed by atoms with Crippen molar-refractivity contribution in [2.75, 3.05) is 0 Å². The predicted molar refractivity (Wildman–Crippen MR) is 94.8 cm³/mol. The minimum atomic E-state index is 0.432. The average Bonchev–Trinajstić information content (AvgIpc) is 3.22. The maximum atomic E-state index is 3.90. The Balaban J connectivity index is 1.63. The van der Waals surface area contributed by atoms with Crippen molar-refractivity contribution in [1.29, 1.82) is 0 Å². The highest BCUT2D eigenvalue weighted by Gasteiger charge is 2.10. The molecule has 22 heavy (non-hydrogen) atoms. The molecular formula is C20H31N2. The molecule has 0 aliphatic carbocycles. The lowest BCUT2D eigenvalue weighted by Gasteiger charge is -2.21. The van der Waals surface area contributed by atoms with E-state index in [1.165, 1.54) is 57.8 Å². The Kier molecular flexibility index (Phi) is 7.93. The smallest absolute Gasteiger partial charge is 0.109 e. The van der Waals surface area contributed by atoms with Crippen molar-refractivity contribution in [2.24, 2.45) is 0 Å². The van der Waals surface area contributed by atoms with Gasteiger partial charge in [-0.1, -0.05) is 58.3 Å². The highest BCUT2D eigenvalue weighted by Crippen LogP contribution is 2.20. The molecule has 2 heterocycles. The first-order chi connectivity index (χ1) is 10.9. The number of aromatic nitrogens is 2. The van der Waals surface area contributed by atoms with E-state index in [2.05, 4.69) is 65.1 Å². The number of rotatable bonds is 12. The van der Waals surface area contributed by atoms with Crippen LogP contribution in [0.1, 0.15) is 70.4 Å². The van der Waals surface area contributed by atoms with E-state index in [0.717, 1.165) is 6.42 Å². The van der Waals surface area contributed by atoms with Gasteiger partial charge in [-0.15, -0.1) is 0 Å². The van der Waals surface area contributed by atoms with Crippen molar-refractivity contribution in [2.45, 2.75) is 70.4 Å². The van der Waals surface area contributed by atoms with E-state index in [1.807, 2.05) is 0 Å². The Morgan fingerprint density at radius 2 is 1.00 bits per heavy atom. The Hall–Kier alpha value is -1.44. The van der Waals surface area contributed by atoms with Crippen LogP contribution >= 0.6 is 0 Å². The molecule has 1 radical (unpaired) electrons. The summed E-state index contributed by atoms with van der Waals surface area (Å²) in [5.41, 5.74) is 0. The average molecular weight is 299 g/mol. The molecule has 0 unspecified atom stereocenters. The van der Waals surface area contributed by atoms with Crippen LogP contribution in [-0.2, 0) is 0 Å². The van der Waals surface area contributed by atoms with Crippen LogP contribution in [0.2, 0.25) is 0 Å². The molecule has 0 saturated heterocycles. The fourth-order valence-corrected chi connectivity index (χ4v) is 3.11. The van der Waals surface area contributed by atoms with Gasteiger partial charge in [0.1, 0.15) is 6.17 Å². The summed E-state index contributed by atoms with van der Waals surface area (Å²) in [6.45, 7) is 3.90. The molecule has 2 heteroatoms. The van der Waals surface area contributed by atoms with E-state index in [-0.39, 0.29) is 0 Å². The molecule has 2 nitrogen and oxygen atoms in total. The summed E-state index contributed by atoms with van der Waals surface area (Å²) < 4.78 is 4.64. The molecule has 0 aliphatic heterocycles. The Morgan fingerprint density at radius 1 is 0.591 bits per heavy atom. The fraction of sp³-hybridized carbons (Fsp3) is 0.550. The second-order valence-electron chi connectivity index (χ2n) is 6.21. The largest absolute Gasteiger partial charge is 0.333 e. The van der Waals surface area contributed by atoms with Crippen LogP contribution in [0.3, 0.4) is 0 Å². The molecule has 0 fully saturated rings. The van der Waals surface area contributed by atoms with E-state index in [0.29, 0.717) is 6.17 Å². The van der Waals surface area contributed by atoms with Crippen molar-refractivity contribution >= 4 is 0 Å². The molecule has 0 amide bonds. The molecule has 0 spiro atoms. The predicted octanol–water partition coefficient (Wildman–Crippen LogP) is 6.07. The standard InChI is InChI=1S/C20H31N2/c1-2-3-4-5-6-7-8-9-10-15-20(21-16-11-12-17-21)22-18-13-14-19-22/h11-14,16-20H,1-10,15H2. The normalized spacial score (nSPS) is 11.4. The van der Waals surface area contributed by atoms with Gasteiger partial charge in [-0.3, -0.25) is 0 Å². The maximum absolute atomic E-state index is 3.90. The second kappa shape index (κ2) is 10.3. The van der Waals surface area contributed by atoms with Crippen LogP contribution in [0.5, 0.6) is 0 Å². The van der Waals surface area contributed by atoms with Gasteiger partial charge in [0.15, 0.2) is 0 Å². The molecule has 0 atom stereocenters. The molecule has 0 saturated carbocycles. The zero-order valence-corrected chi connectivity index (χ0v) is 13.9. The zero-order chi connectivity index (χ0) is 15.5. The van der Waals surface area contributed by atoms with Crippen molar-refractivity contribution in [3.63, 3.8) is 0 Å². The van der Waals surface area contributed by atoms with Crippen molar-refractivity contribution in [3.8, 4) is 0 Å². The van der Waals surface area contributed by atoms with Gasteiger partial charge in [-0.25, -0.2) is 0 Å². The third-order valence-electron chi connectivity index (χ3n) is 4.41. The number of unbranched alkanes of at least 4 members (excludes halogenated alkanes) is 8. The van der Waals surface area contributed by atoms with Crippen LogP contribution in [0.15, 0.2) is 49.1 Å². The first-order valence-corrected chi connectivity index (χ1v) is 8.96. The van der Waals surface area contributed by atoms with Crippen LogP contribution in [0.25, 0.3) is 0 Å².